The van der Waals surface area contributed by atoms with Gasteiger partial charge in [0.2, 0.25) is 11.5 Å². The fourth-order valence-corrected chi connectivity index (χ4v) is 5.64. The molecule has 4 aromatic rings. The number of hydrogen-bond acceptors (Lipinski definition) is 7. The van der Waals surface area contributed by atoms with Gasteiger partial charge >= 0.3 is 6.18 Å². The molecule has 3 heterocycles. The Labute approximate surface area is 247 Å². The first-order valence-electron chi connectivity index (χ1n) is 13.7. The third-order valence-electron chi connectivity index (χ3n) is 8.29. The molecule has 228 valence electrons. The summed E-state index contributed by atoms with van der Waals surface area (Å²) in [6, 6.07) is 11.8. The number of fused-ring (bicyclic) bond motifs is 4. The number of aryl methyl sites for hydroxylation is 1. The number of aliphatic hydroxyl groups is 2. The molecule has 6 rings (SSSR count). The van der Waals surface area contributed by atoms with Crippen molar-refractivity contribution in [3.8, 4) is 17.0 Å². The van der Waals surface area contributed by atoms with Gasteiger partial charge in [0, 0.05) is 39.8 Å². The normalized spacial score (nSPS) is 19.9. The van der Waals surface area contributed by atoms with E-state index in [1.807, 2.05) is 6.92 Å². The fraction of sp³-hybridized carbons (Fsp3) is 0.290. The molecule has 1 aliphatic heterocycles. The van der Waals surface area contributed by atoms with Crippen molar-refractivity contribution in [2.75, 3.05) is 6.54 Å². The summed E-state index contributed by atoms with van der Waals surface area (Å²) < 4.78 is 63.5. The highest BCUT2D eigenvalue weighted by atomic mass is 19.4. The first-order chi connectivity index (χ1) is 20.8. The largest absolute Gasteiger partial charge is 0.486 e. The standard InChI is InChI=1S/C31H26F4N4O5/c1-2-20-8-5-16-9-17(10-18(13-40)24(16)38-20)27(41)37-14-30(43,31(33,34)35)22-11-21-26(44-23-12-29(21,23)28(36)42)25(39-22)15-3-6-19(32)7-4-15/h3-11,23,40,43H,2,12-14H2,1H3,(H2,36,42)(H,37,41)/t23?,29-,30?/m1/s1. The van der Waals surface area contributed by atoms with Gasteiger partial charge in [-0.1, -0.05) is 13.0 Å². The number of halogens is 4. The van der Waals surface area contributed by atoms with Gasteiger partial charge in [0.05, 0.1) is 24.4 Å². The quantitative estimate of drug-likeness (QED) is 0.223. The average Bonchev–Trinajstić information content (AvgIpc) is 3.64. The van der Waals surface area contributed by atoms with E-state index in [-0.39, 0.29) is 34.6 Å². The molecule has 13 heteroatoms. The van der Waals surface area contributed by atoms with Crippen molar-refractivity contribution in [3.05, 3.63) is 88.5 Å². The molecule has 0 radical (unpaired) electrons. The predicted molar refractivity (Wildman–Crippen MR) is 149 cm³/mol. The summed E-state index contributed by atoms with van der Waals surface area (Å²) in [7, 11) is 0. The Morgan fingerprint density at radius 3 is 2.48 bits per heavy atom. The number of primary amides is 1. The second-order valence-corrected chi connectivity index (χ2v) is 10.9. The van der Waals surface area contributed by atoms with Gasteiger partial charge in [-0.15, -0.1) is 0 Å². The lowest BCUT2D eigenvalue weighted by atomic mass is 9.89. The van der Waals surface area contributed by atoms with Gasteiger partial charge in [0.1, 0.15) is 23.0 Å². The van der Waals surface area contributed by atoms with E-state index in [1.165, 1.54) is 24.3 Å². The van der Waals surface area contributed by atoms with Gasteiger partial charge < -0.3 is 26.0 Å². The summed E-state index contributed by atoms with van der Waals surface area (Å²) in [6.45, 7) is 0.0795. The number of carbonyl (C=O) groups is 2. The van der Waals surface area contributed by atoms with Crippen LogP contribution in [0.15, 0.2) is 54.6 Å². The number of nitrogens with two attached hydrogens (primary N) is 1. The van der Waals surface area contributed by atoms with Crippen molar-refractivity contribution >= 4 is 22.7 Å². The molecule has 1 saturated carbocycles. The van der Waals surface area contributed by atoms with E-state index in [9.17, 15) is 37.4 Å². The maximum absolute atomic E-state index is 14.7. The second-order valence-electron chi connectivity index (χ2n) is 10.9. The van der Waals surface area contributed by atoms with E-state index >= 15 is 0 Å². The van der Waals surface area contributed by atoms with Crippen molar-refractivity contribution in [3.63, 3.8) is 0 Å². The molecule has 2 unspecified atom stereocenters. The Morgan fingerprint density at radius 1 is 1.11 bits per heavy atom. The molecule has 9 nitrogen and oxygen atoms in total. The Kier molecular flexibility index (Phi) is 6.85. The Balaban J connectivity index is 1.40. The maximum Gasteiger partial charge on any atom is 0.424 e. The van der Waals surface area contributed by atoms with Crippen LogP contribution in [0, 0.1) is 5.82 Å². The van der Waals surface area contributed by atoms with Crippen LogP contribution in [-0.2, 0) is 28.8 Å². The van der Waals surface area contributed by atoms with E-state index in [0.717, 1.165) is 23.9 Å². The minimum Gasteiger partial charge on any atom is -0.486 e. The van der Waals surface area contributed by atoms with Gasteiger partial charge in [-0.25, -0.2) is 9.37 Å². The SMILES string of the molecule is CCc1ccc2cc(C(=O)NCC(O)(c3cc4c(c(-c5ccc(F)cc5)n3)OC3C[C@@]43C(N)=O)C(F)(F)F)cc(CO)c2n1. The number of amides is 2. The van der Waals surface area contributed by atoms with E-state index < -0.39 is 59.8 Å². The van der Waals surface area contributed by atoms with Crippen LogP contribution in [0.2, 0.25) is 0 Å². The van der Waals surface area contributed by atoms with Crippen LogP contribution in [0.4, 0.5) is 17.6 Å². The van der Waals surface area contributed by atoms with Crippen LogP contribution in [-0.4, -0.2) is 50.8 Å². The molecular weight excluding hydrogens is 584 g/mol. The van der Waals surface area contributed by atoms with Crippen LogP contribution >= 0.6 is 0 Å². The molecule has 0 spiro atoms. The lowest BCUT2D eigenvalue weighted by Gasteiger charge is -2.31. The molecule has 2 aromatic carbocycles. The summed E-state index contributed by atoms with van der Waals surface area (Å²) >= 11 is 0. The second kappa shape index (κ2) is 10.2. The number of carbonyl (C=O) groups excluding carboxylic acids is 2. The summed E-state index contributed by atoms with van der Waals surface area (Å²) in [5, 5.41) is 23.8. The van der Waals surface area contributed by atoms with Gasteiger partial charge in [-0.05, 0) is 55.0 Å². The number of aliphatic hydroxyl groups excluding tert-OH is 1. The summed E-state index contributed by atoms with van der Waals surface area (Å²) in [5.74, 6) is -2.36. The number of alkyl halides is 3. The topological polar surface area (TPSA) is 148 Å². The first kappa shape index (κ1) is 29.5. The summed E-state index contributed by atoms with van der Waals surface area (Å²) in [4.78, 5) is 34.2. The van der Waals surface area contributed by atoms with Crippen LogP contribution in [0.5, 0.6) is 5.75 Å². The van der Waals surface area contributed by atoms with E-state index in [1.54, 1.807) is 12.1 Å². The van der Waals surface area contributed by atoms with Crippen LogP contribution in [0.25, 0.3) is 22.2 Å². The van der Waals surface area contributed by atoms with E-state index in [4.69, 9.17) is 10.5 Å². The van der Waals surface area contributed by atoms with Crippen molar-refractivity contribution in [1.29, 1.82) is 0 Å². The van der Waals surface area contributed by atoms with Gasteiger partial charge in [0.15, 0.2) is 5.75 Å². The number of hydrogen-bond donors (Lipinski definition) is 4. The van der Waals surface area contributed by atoms with Crippen molar-refractivity contribution < 1.29 is 42.1 Å². The van der Waals surface area contributed by atoms with Crippen LogP contribution < -0.4 is 15.8 Å². The monoisotopic (exact) mass is 610 g/mol. The maximum atomic E-state index is 14.7. The molecule has 1 aliphatic carbocycles. The summed E-state index contributed by atoms with van der Waals surface area (Å²) in [5.41, 5.74) is 1.07. The van der Waals surface area contributed by atoms with Gasteiger partial charge in [0.25, 0.3) is 5.91 Å². The van der Waals surface area contributed by atoms with E-state index in [0.29, 0.717) is 22.9 Å². The molecule has 5 N–H and O–H groups in total. The van der Waals surface area contributed by atoms with Gasteiger partial charge in [-0.3, -0.25) is 14.6 Å². The third kappa shape index (κ3) is 4.54. The lowest BCUT2D eigenvalue weighted by Crippen LogP contribution is -2.51. The zero-order chi connectivity index (χ0) is 31.6. The number of aromatic nitrogens is 2. The van der Waals surface area contributed by atoms with Crippen LogP contribution in [0.1, 0.15) is 46.2 Å². The smallest absolute Gasteiger partial charge is 0.424 e. The number of nitrogens with one attached hydrogen (secondary N) is 1. The highest BCUT2D eigenvalue weighted by molar-refractivity contribution is 5.99. The highest BCUT2D eigenvalue weighted by Gasteiger charge is 2.69. The number of rotatable bonds is 8. The zero-order valence-corrected chi connectivity index (χ0v) is 23.2. The minimum absolute atomic E-state index is 0.0107. The number of ether oxygens (including phenoxy) is 1. The number of benzene rings is 2. The number of nitrogens with zero attached hydrogens (tertiary/aromatic N) is 2. The Morgan fingerprint density at radius 2 is 1.84 bits per heavy atom. The molecule has 2 amide bonds. The summed E-state index contributed by atoms with van der Waals surface area (Å²) in [6.07, 6.45) is -5.32. The highest BCUT2D eigenvalue weighted by Crippen LogP contribution is 2.61. The first-order valence-corrected chi connectivity index (χ1v) is 13.7. The Bertz CT molecular complexity index is 1830. The van der Waals surface area contributed by atoms with Crippen molar-refractivity contribution in [1.82, 2.24) is 15.3 Å². The molecule has 0 saturated heterocycles. The molecule has 44 heavy (non-hydrogen) atoms. The molecule has 3 atom stereocenters. The molecule has 2 aromatic heterocycles. The fourth-order valence-electron chi connectivity index (χ4n) is 5.64. The van der Waals surface area contributed by atoms with Crippen LogP contribution in [0.3, 0.4) is 0 Å². The van der Waals surface area contributed by atoms with Crippen molar-refractivity contribution in [2.24, 2.45) is 5.73 Å². The minimum atomic E-state index is -5.36. The van der Waals surface area contributed by atoms with E-state index in [2.05, 4.69) is 15.3 Å². The Hall–Kier alpha value is -4.62. The molecular formula is C31H26F4N4O5. The average molecular weight is 611 g/mol. The molecule has 0 bridgehead atoms. The molecule has 1 fully saturated rings. The number of pyridine rings is 2. The lowest BCUT2D eigenvalue weighted by molar-refractivity contribution is -0.265. The third-order valence-corrected chi connectivity index (χ3v) is 8.29. The van der Waals surface area contributed by atoms with Gasteiger partial charge in [-0.2, -0.15) is 13.2 Å². The molecule has 2 aliphatic rings. The van der Waals surface area contributed by atoms with Crippen molar-refractivity contribution in [2.45, 2.75) is 49.7 Å². The predicted octanol–water partition coefficient (Wildman–Crippen LogP) is 3.56. The zero-order valence-electron chi connectivity index (χ0n) is 23.2.